The lowest BCUT2D eigenvalue weighted by molar-refractivity contribution is -0.120. The summed E-state index contributed by atoms with van der Waals surface area (Å²) in [7, 11) is 0. The lowest BCUT2D eigenvalue weighted by atomic mass is 10.3. The van der Waals surface area contributed by atoms with Gasteiger partial charge in [-0.2, -0.15) is 0 Å². The Morgan fingerprint density at radius 2 is 2.38 bits per heavy atom. The molecule has 1 N–H and O–H groups in total. The third-order valence-corrected chi connectivity index (χ3v) is 2.45. The number of aryl methyl sites for hydroxylation is 1. The molecule has 0 atom stereocenters. The molecule has 4 heteroatoms. The Bertz CT molecular complexity index is 516. The molecule has 2 heterocycles. The molecule has 0 unspecified atom stereocenters. The Labute approximate surface area is 94.3 Å². The van der Waals surface area contributed by atoms with Gasteiger partial charge in [-0.3, -0.25) is 4.79 Å². The number of carbonyl (C=O) groups is 1. The maximum absolute atomic E-state index is 11.1. The molecule has 1 amide bonds. The summed E-state index contributed by atoms with van der Waals surface area (Å²) in [4.78, 5) is 15.5. The molecule has 4 nitrogen and oxygen atoms in total. The van der Waals surface area contributed by atoms with Crippen LogP contribution in [0.3, 0.4) is 0 Å². The van der Waals surface area contributed by atoms with Crippen LogP contribution in [-0.4, -0.2) is 15.3 Å². The van der Waals surface area contributed by atoms with Crippen LogP contribution in [0.2, 0.25) is 0 Å². The van der Waals surface area contributed by atoms with Crippen molar-refractivity contribution in [1.82, 2.24) is 14.7 Å². The second kappa shape index (κ2) is 4.35. The van der Waals surface area contributed by atoms with E-state index in [1.807, 2.05) is 42.8 Å². The number of amides is 1. The number of hydrogen-bond acceptors (Lipinski definition) is 2. The van der Waals surface area contributed by atoms with Crippen molar-refractivity contribution in [2.75, 3.05) is 0 Å². The van der Waals surface area contributed by atoms with Crippen molar-refractivity contribution in [3.8, 4) is 0 Å². The van der Waals surface area contributed by atoms with Gasteiger partial charge in [-0.25, -0.2) is 4.98 Å². The summed E-state index contributed by atoms with van der Waals surface area (Å²) < 4.78 is 1.96. The Hall–Kier alpha value is -1.84. The van der Waals surface area contributed by atoms with E-state index in [-0.39, 0.29) is 5.91 Å². The van der Waals surface area contributed by atoms with Gasteiger partial charge in [0.05, 0.1) is 12.2 Å². The van der Waals surface area contributed by atoms with Crippen molar-refractivity contribution in [1.29, 1.82) is 0 Å². The zero-order chi connectivity index (χ0) is 11.5. The van der Waals surface area contributed by atoms with Crippen molar-refractivity contribution in [2.24, 2.45) is 0 Å². The second-order valence-electron chi connectivity index (χ2n) is 3.83. The van der Waals surface area contributed by atoms with Gasteiger partial charge < -0.3 is 9.72 Å². The van der Waals surface area contributed by atoms with Gasteiger partial charge in [-0.15, -0.1) is 0 Å². The molecule has 0 radical (unpaired) electrons. The van der Waals surface area contributed by atoms with Gasteiger partial charge in [0, 0.05) is 18.8 Å². The summed E-state index contributed by atoms with van der Waals surface area (Å²) in [5.74, 6) is 0.0493. The highest BCUT2D eigenvalue weighted by molar-refractivity contribution is 5.75. The summed E-state index contributed by atoms with van der Waals surface area (Å²) in [6.45, 7) is 4.36. The Morgan fingerprint density at radius 1 is 1.56 bits per heavy atom. The molecule has 0 saturated heterocycles. The fourth-order valence-electron chi connectivity index (χ4n) is 1.54. The Kier molecular flexibility index (Phi) is 2.90. The third kappa shape index (κ3) is 2.21. The predicted molar refractivity (Wildman–Crippen MR) is 62.1 cm³/mol. The first kappa shape index (κ1) is 10.7. The van der Waals surface area contributed by atoms with Crippen molar-refractivity contribution >= 4 is 11.6 Å². The van der Waals surface area contributed by atoms with Gasteiger partial charge in [0.25, 0.3) is 0 Å². The zero-order valence-electron chi connectivity index (χ0n) is 9.53. The number of rotatable bonds is 3. The van der Waals surface area contributed by atoms with Gasteiger partial charge in [0.2, 0.25) is 5.91 Å². The van der Waals surface area contributed by atoms with E-state index < -0.39 is 0 Å². The van der Waals surface area contributed by atoms with Crippen LogP contribution < -0.4 is 5.32 Å². The first-order chi connectivity index (χ1) is 7.69. The first-order valence-corrected chi connectivity index (χ1v) is 5.40. The number of fused-ring (bicyclic) bond motifs is 1. The highest BCUT2D eigenvalue weighted by Gasteiger charge is 2.02. The molecular weight excluding hydrogens is 202 g/mol. The Balaban J connectivity index is 2.16. The van der Waals surface area contributed by atoms with E-state index in [1.54, 1.807) is 0 Å². The molecule has 2 rings (SSSR count). The van der Waals surface area contributed by atoms with E-state index in [2.05, 4.69) is 10.3 Å². The molecule has 2 aromatic rings. The van der Waals surface area contributed by atoms with Crippen LogP contribution in [-0.2, 0) is 11.3 Å². The van der Waals surface area contributed by atoms with Crippen LogP contribution in [0.5, 0.6) is 0 Å². The molecule has 0 saturated carbocycles. The average Bonchev–Trinajstić information content (AvgIpc) is 2.67. The van der Waals surface area contributed by atoms with Gasteiger partial charge in [0.15, 0.2) is 0 Å². The van der Waals surface area contributed by atoms with E-state index in [1.165, 1.54) is 5.56 Å². The predicted octanol–water partition coefficient (Wildman–Crippen LogP) is 1.67. The highest BCUT2D eigenvalue weighted by Crippen LogP contribution is 2.07. The molecule has 0 aliphatic rings. The zero-order valence-corrected chi connectivity index (χ0v) is 9.53. The van der Waals surface area contributed by atoms with E-state index >= 15 is 0 Å². The molecule has 0 aromatic carbocycles. The van der Waals surface area contributed by atoms with Crippen LogP contribution in [0.25, 0.3) is 5.65 Å². The van der Waals surface area contributed by atoms with Gasteiger partial charge in [-0.05, 0) is 24.6 Å². The quantitative estimate of drug-likeness (QED) is 0.850. The molecule has 84 valence electrons. The van der Waals surface area contributed by atoms with E-state index in [0.717, 1.165) is 11.3 Å². The van der Waals surface area contributed by atoms with Crippen LogP contribution in [0.4, 0.5) is 0 Å². The van der Waals surface area contributed by atoms with Gasteiger partial charge in [0.1, 0.15) is 5.65 Å². The number of nitrogens with one attached hydrogen (secondary N) is 1. The summed E-state index contributed by atoms with van der Waals surface area (Å²) in [6, 6.07) is 4.05. The SMILES string of the molecule is CCC(=O)NCc1cn2ccc(C)cc2n1. The van der Waals surface area contributed by atoms with Crippen LogP contribution >= 0.6 is 0 Å². The Morgan fingerprint density at radius 3 is 3.12 bits per heavy atom. The smallest absolute Gasteiger partial charge is 0.220 e. The second-order valence-corrected chi connectivity index (χ2v) is 3.83. The lowest BCUT2D eigenvalue weighted by Gasteiger charge is -1.98. The fraction of sp³-hybridized carbons (Fsp3) is 0.333. The molecule has 0 aliphatic heterocycles. The van der Waals surface area contributed by atoms with E-state index in [4.69, 9.17) is 0 Å². The molecular formula is C12H15N3O. The molecule has 0 fully saturated rings. The largest absolute Gasteiger partial charge is 0.350 e. The monoisotopic (exact) mass is 217 g/mol. The fourth-order valence-corrected chi connectivity index (χ4v) is 1.54. The van der Waals surface area contributed by atoms with Crippen molar-refractivity contribution in [2.45, 2.75) is 26.8 Å². The van der Waals surface area contributed by atoms with Crippen LogP contribution in [0, 0.1) is 6.92 Å². The van der Waals surface area contributed by atoms with E-state index in [0.29, 0.717) is 13.0 Å². The standard InChI is InChI=1S/C12H15N3O/c1-3-12(16)13-7-10-8-15-5-4-9(2)6-11(15)14-10/h4-6,8H,3,7H2,1-2H3,(H,13,16). The minimum atomic E-state index is 0.0493. The van der Waals surface area contributed by atoms with Crippen molar-refractivity contribution in [3.63, 3.8) is 0 Å². The summed E-state index contributed by atoms with van der Waals surface area (Å²) >= 11 is 0. The minimum absolute atomic E-state index is 0.0493. The van der Waals surface area contributed by atoms with Gasteiger partial charge in [-0.1, -0.05) is 6.92 Å². The average molecular weight is 217 g/mol. The maximum Gasteiger partial charge on any atom is 0.220 e. The highest BCUT2D eigenvalue weighted by atomic mass is 16.1. The lowest BCUT2D eigenvalue weighted by Crippen LogP contribution is -2.21. The number of pyridine rings is 1. The maximum atomic E-state index is 11.1. The van der Waals surface area contributed by atoms with Crippen LogP contribution in [0.15, 0.2) is 24.5 Å². The normalized spacial score (nSPS) is 10.6. The molecule has 0 spiro atoms. The van der Waals surface area contributed by atoms with E-state index in [9.17, 15) is 4.79 Å². The molecule has 0 bridgehead atoms. The first-order valence-electron chi connectivity index (χ1n) is 5.40. The molecule has 2 aromatic heterocycles. The van der Waals surface area contributed by atoms with Crippen LogP contribution in [0.1, 0.15) is 24.6 Å². The van der Waals surface area contributed by atoms with Crippen molar-refractivity contribution in [3.05, 3.63) is 35.8 Å². The van der Waals surface area contributed by atoms with Crippen molar-refractivity contribution < 1.29 is 4.79 Å². The summed E-state index contributed by atoms with van der Waals surface area (Å²) in [5.41, 5.74) is 2.98. The molecule has 0 aliphatic carbocycles. The number of nitrogens with zero attached hydrogens (tertiary/aromatic N) is 2. The topological polar surface area (TPSA) is 46.4 Å². The minimum Gasteiger partial charge on any atom is -0.350 e. The number of carbonyl (C=O) groups excluding carboxylic acids is 1. The summed E-state index contributed by atoms with van der Waals surface area (Å²) in [6.07, 6.45) is 4.42. The molecule has 16 heavy (non-hydrogen) atoms. The number of aromatic nitrogens is 2. The summed E-state index contributed by atoms with van der Waals surface area (Å²) in [5, 5.41) is 2.81. The number of hydrogen-bond donors (Lipinski definition) is 1. The third-order valence-electron chi connectivity index (χ3n) is 2.45. The number of imidazole rings is 1. The van der Waals surface area contributed by atoms with Gasteiger partial charge >= 0.3 is 0 Å².